The topological polar surface area (TPSA) is 35.0 Å². The molecule has 3 aromatic rings. The van der Waals surface area contributed by atoms with Crippen LogP contribution < -0.4 is 4.74 Å². The second-order valence-corrected chi connectivity index (χ2v) is 5.29. The summed E-state index contributed by atoms with van der Waals surface area (Å²) in [6.45, 7) is 0. The van der Waals surface area contributed by atoms with Crippen molar-refractivity contribution in [2.45, 2.75) is 0 Å². The number of nitrogens with zero attached hydrogens (tertiary/aromatic N) is 2. The molecule has 0 unspecified atom stereocenters. The lowest BCUT2D eigenvalue weighted by molar-refractivity contribution is 0.427. The van der Waals surface area contributed by atoms with Crippen LogP contribution in [0, 0.1) is 5.82 Å². The highest BCUT2D eigenvalue weighted by Gasteiger charge is 2.12. The van der Waals surface area contributed by atoms with Gasteiger partial charge in [-0.3, -0.25) is 0 Å². The lowest BCUT2D eigenvalue weighted by Gasteiger charge is -2.08. The van der Waals surface area contributed by atoms with Gasteiger partial charge in [-0.25, -0.2) is 4.39 Å². The Hall–Kier alpha value is -1.72. The molecule has 0 aliphatic heterocycles. The van der Waals surface area contributed by atoms with Crippen molar-refractivity contribution in [3.05, 3.63) is 57.9 Å². The minimum atomic E-state index is -0.478. The summed E-state index contributed by atoms with van der Waals surface area (Å²) in [7, 11) is 0. The Morgan fingerprint density at radius 1 is 1.05 bits per heavy atom. The first-order valence-corrected chi connectivity index (χ1v) is 6.86. The fourth-order valence-electron chi connectivity index (χ4n) is 1.78. The molecule has 2 aromatic carbocycles. The van der Waals surface area contributed by atoms with E-state index >= 15 is 0 Å². The Labute approximate surface area is 127 Å². The van der Waals surface area contributed by atoms with Crippen LogP contribution in [-0.4, -0.2) is 10.2 Å². The number of ether oxygens (including phenoxy) is 1. The summed E-state index contributed by atoms with van der Waals surface area (Å²) in [5, 5.41) is 9.35. The van der Waals surface area contributed by atoms with Crippen LogP contribution in [0.3, 0.4) is 0 Å². The molecule has 6 heteroatoms. The molecule has 100 valence electrons. The largest absolute Gasteiger partial charge is 0.434 e. The molecule has 20 heavy (non-hydrogen) atoms. The maximum absolute atomic E-state index is 13.7. The molecule has 0 atom stereocenters. The van der Waals surface area contributed by atoms with E-state index in [4.69, 9.17) is 16.3 Å². The van der Waals surface area contributed by atoms with Gasteiger partial charge < -0.3 is 4.74 Å². The van der Waals surface area contributed by atoms with Gasteiger partial charge in [0, 0.05) is 15.2 Å². The van der Waals surface area contributed by atoms with Crippen molar-refractivity contribution in [1.82, 2.24) is 10.2 Å². The molecule has 0 radical (unpaired) electrons. The van der Waals surface area contributed by atoms with E-state index in [9.17, 15) is 4.39 Å². The van der Waals surface area contributed by atoms with Crippen molar-refractivity contribution in [3.8, 4) is 11.6 Å². The first-order valence-electron chi connectivity index (χ1n) is 5.69. The number of hydrogen-bond donors (Lipinski definition) is 0. The van der Waals surface area contributed by atoms with Crippen molar-refractivity contribution in [3.63, 3.8) is 0 Å². The van der Waals surface area contributed by atoms with Gasteiger partial charge >= 0.3 is 0 Å². The summed E-state index contributed by atoms with van der Waals surface area (Å²) >= 11 is 9.24. The highest BCUT2D eigenvalue weighted by atomic mass is 79.9. The van der Waals surface area contributed by atoms with E-state index < -0.39 is 5.82 Å². The van der Waals surface area contributed by atoms with Gasteiger partial charge in [0.2, 0.25) is 5.88 Å². The van der Waals surface area contributed by atoms with Gasteiger partial charge in [0.1, 0.15) is 0 Å². The van der Waals surface area contributed by atoms with Gasteiger partial charge in [-0.1, -0.05) is 45.7 Å². The maximum atomic E-state index is 13.7. The summed E-state index contributed by atoms with van der Waals surface area (Å²) in [4.78, 5) is 0. The third-order valence-electron chi connectivity index (χ3n) is 2.71. The van der Waals surface area contributed by atoms with Gasteiger partial charge in [-0.05, 0) is 24.3 Å². The average molecular weight is 354 g/mol. The third kappa shape index (κ3) is 2.46. The molecule has 0 N–H and O–H groups in total. The number of rotatable bonds is 2. The quantitative estimate of drug-likeness (QED) is 0.652. The highest BCUT2D eigenvalue weighted by Crippen LogP contribution is 2.32. The van der Waals surface area contributed by atoms with E-state index in [0.29, 0.717) is 15.2 Å². The lowest BCUT2D eigenvalue weighted by atomic mass is 10.2. The molecule has 0 aliphatic carbocycles. The SMILES string of the molecule is Fc1ccc(Br)cc1Oc1nnc(Cl)c2ccccc12. The molecule has 0 fully saturated rings. The first-order chi connectivity index (χ1) is 9.65. The van der Waals surface area contributed by atoms with Crippen LogP contribution in [0.4, 0.5) is 4.39 Å². The Balaban J connectivity index is 2.11. The number of fused-ring (bicyclic) bond motifs is 1. The Kier molecular flexibility index (Phi) is 3.54. The fraction of sp³-hybridized carbons (Fsp3) is 0. The molecular weight excluding hydrogens is 347 g/mol. The van der Waals surface area contributed by atoms with Crippen LogP contribution in [0.1, 0.15) is 0 Å². The predicted octanol–water partition coefficient (Wildman–Crippen LogP) is 4.98. The van der Waals surface area contributed by atoms with Gasteiger partial charge in [-0.2, -0.15) is 0 Å². The highest BCUT2D eigenvalue weighted by molar-refractivity contribution is 9.10. The van der Waals surface area contributed by atoms with E-state index in [2.05, 4.69) is 26.1 Å². The predicted molar refractivity (Wildman–Crippen MR) is 78.7 cm³/mol. The molecule has 0 bridgehead atoms. The number of benzene rings is 2. The van der Waals surface area contributed by atoms with Crippen LogP contribution in [0.15, 0.2) is 46.9 Å². The monoisotopic (exact) mass is 352 g/mol. The maximum Gasteiger partial charge on any atom is 0.247 e. The van der Waals surface area contributed by atoms with Crippen LogP contribution in [0.2, 0.25) is 5.15 Å². The zero-order valence-electron chi connectivity index (χ0n) is 9.98. The minimum absolute atomic E-state index is 0.0705. The molecule has 0 amide bonds. The fourth-order valence-corrected chi connectivity index (χ4v) is 2.32. The third-order valence-corrected chi connectivity index (χ3v) is 3.48. The minimum Gasteiger partial charge on any atom is -0.434 e. The molecule has 0 aliphatic rings. The summed E-state index contributed by atoms with van der Waals surface area (Å²) in [5.41, 5.74) is 0. The molecule has 0 saturated carbocycles. The second-order valence-electron chi connectivity index (χ2n) is 4.02. The van der Waals surface area contributed by atoms with Gasteiger partial charge in [0.25, 0.3) is 0 Å². The Bertz CT molecular complexity index is 797. The Morgan fingerprint density at radius 3 is 2.60 bits per heavy atom. The number of halogens is 3. The van der Waals surface area contributed by atoms with Crippen molar-refractivity contribution in [2.24, 2.45) is 0 Å². The molecule has 0 spiro atoms. The van der Waals surface area contributed by atoms with E-state index in [1.165, 1.54) is 12.1 Å². The summed E-state index contributed by atoms with van der Waals surface area (Å²) in [6.07, 6.45) is 0. The zero-order valence-corrected chi connectivity index (χ0v) is 12.3. The molecule has 1 aromatic heterocycles. The Morgan fingerprint density at radius 2 is 1.80 bits per heavy atom. The van der Waals surface area contributed by atoms with Crippen molar-refractivity contribution >= 4 is 38.3 Å². The lowest BCUT2D eigenvalue weighted by Crippen LogP contribution is -1.95. The standard InChI is InChI=1S/C14H7BrClFN2O/c15-8-5-6-11(17)12(7-8)20-14-10-4-2-1-3-9(10)13(16)18-19-14/h1-7H. The number of hydrogen-bond acceptors (Lipinski definition) is 3. The number of aromatic nitrogens is 2. The second kappa shape index (κ2) is 5.34. The summed E-state index contributed by atoms with van der Waals surface area (Å²) < 4.78 is 19.9. The van der Waals surface area contributed by atoms with E-state index in [1.807, 2.05) is 12.1 Å². The first kappa shape index (κ1) is 13.3. The van der Waals surface area contributed by atoms with E-state index in [-0.39, 0.29) is 16.8 Å². The molecule has 3 nitrogen and oxygen atoms in total. The molecule has 1 heterocycles. The van der Waals surface area contributed by atoms with E-state index in [0.717, 1.165) is 0 Å². The van der Waals surface area contributed by atoms with Crippen molar-refractivity contribution in [2.75, 3.05) is 0 Å². The average Bonchev–Trinajstić information content (AvgIpc) is 2.46. The summed E-state index contributed by atoms with van der Waals surface area (Å²) in [5.74, 6) is -0.197. The smallest absolute Gasteiger partial charge is 0.247 e. The van der Waals surface area contributed by atoms with Crippen LogP contribution in [-0.2, 0) is 0 Å². The normalized spacial score (nSPS) is 10.8. The van der Waals surface area contributed by atoms with Crippen LogP contribution in [0.5, 0.6) is 11.6 Å². The van der Waals surface area contributed by atoms with Crippen LogP contribution in [0.25, 0.3) is 10.8 Å². The van der Waals surface area contributed by atoms with E-state index in [1.54, 1.807) is 18.2 Å². The van der Waals surface area contributed by atoms with Crippen molar-refractivity contribution in [1.29, 1.82) is 0 Å². The van der Waals surface area contributed by atoms with Gasteiger partial charge in [-0.15, -0.1) is 10.2 Å². The molecule has 0 saturated heterocycles. The molecular formula is C14H7BrClFN2O. The van der Waals surface area contributed by atoms with Gasteiger partial charge in [0.15, 0.2) is 16.7 Å². The molecule has 3 rings (SSSR count). The van der Waals surface area contributed by atoms with Crippen molar-refractivity contribution < 1.29 is 9.13 Å². The summed E-state index contributed by atoms with van der Waals surface area (Å²) in [6, 6.07) is 11.7. The van der Waals surface area contributed by atoms with Gasteiger partial charge in [0.05, 0.1) is 0 Å². The zero-order chi connectivity index (χ0) is 14.1. The van der Waals surface area contributed by atoms with Crippen LogP contribution >= 0.6 is 27.5 Å².